The van der Waals surface area contributed by atoms with E-state index in [1.54, 1.807) is 24.3 Å². The smallest absolute Gasteiger partial charge is 0.261 e. The predicted octanol–water partition coefficient (Wildman–Crippen LogP) is 1.11. The summed E-state index contributed by atoms with van der Waals surface area (Å²) >= 11 is 0. The highest BCUT2D eigenvalue weighted by atomic mass is 32.2. The van der Waals surface area contributed by atoms with Crippen molar-refractivity contribution < 1.29 is 18.0 Å². The van der Waals surface area contributed by atoms with E-state index >= 15 is 0 Å². The topological polar surface area (TPSA) is 71.5 Å². The van der Waals surface area contributed by atoms with Gasteiger partial charge in [0, 0.05) is 6.54 Å². The lowest BCUT2D eigenvalue weighted by Crippen LogP contribution is -2.37. The molecule has 0 aliphatic carbocycles. The molecule has 0 N–H and O–H groups in total. The Labute approximate surface area is 117 Å². The fraction of sp³-hybridized carbons (Fsp3) is 0.429. The van der Waals surface area contributed by atoms with Crippen molar-refractivity contribution in [1.82, 2.24) is 4.90 Å². The molecule has 0 radical (unpaired) electrons. The average Bonchev–Trinajstić information content (AvgIpc) is 2.67. The summed E-state index contributed by atoms with van der Waals surface area (Å²) in [7, 11) is -2.92. The molecule has 2 aliphatic heterocycles. The summed E-state index contributed by atoms with van der Waals surface area (Å²) in [6.45, 7) is 0.321. The maximum Gasteiger partial charge on any atom is 0.261 e. The molecule has 2 amide bonds. The van der Waals surface area contributed by atoms with E-state index in [0.29, 0.717) is 30.5 Å². The van der Waals surface area contributed by atoms with E-state index in [4.69, 9.17) is 0 Å². The summed E-state index contributed by atoms with van der Waals surface area (Å²) in [6, 6.07) is 6.78. The highest BCUT2D eigenvalue weighted by molar-refractivity contribution is 7.91. The van der Waals surface area contributed by atoms with Crippen LogP contribution in [-0.4, -0.2) is 43.2 Å². The van der Waals surface area contributed by atoms with Crippen molar-refractivity contribution >= 4 is 21.7 Å². The van der Waals surface area contributed by atoms with Crippen LogP contribution in [0, 0.1) is 5.92 Å². The van der Waals surface area contributed by atoms with E-state index in [9.17, 15) is 18.0 Å². The number of nitrogens with zero attached hydrogens (tertiary/aromatic N) is 1. The van der Waals surface area contributed by atoms with Gasteiger partial charge in [0.05, 0.1) is 22.6 Å². The molecule has 1 aromatic rings. The summed E-state index contributed by atoms with van der Waals surface area (Å²) in [6.07, 6.45) is 1.05. The molecule has 6 heteroatoms. The summed E-state index contributed by atoms with van der Waals surface area (Å²) in [5.41, 5.74) is 0.891. The van der Waals surface area contributed by atoms with Crippen molar-refractivity contribution in [2.45, 2.75) is 12.8 Å². The van der Waals surface area contributed by atoms with Gasteiger partial charge in [-0.2, -0.15) is 0 Å². The van der Waals surface area contributed by atoms with Crippen LogP contribution >= 0.6 is 0 Å². The van der Waals surface area contributed by atoms with Crippen LogP contribution in [0.2, 0.25) is 0 Å². The number of imide groups is 1. The number of hydrogen-bond acceptors (Lipinski definition) is 4. The van der Waals surface area contributed by atoms with Gasteiger partial charge in [-0.15, -0.1) is 0 Å². The molecule has 0 atom stereocenters. The number of sulfone groups is 1. The van der Waals surface area contributed by atoms with E-state index < -0.39 is 9.84 Å². The van der Waals surface area contributed by atoms with Gasteiger partial charge in [0.2, 0.25) is 0 Å². The SMILES string of the molecule is O=C1c2ccccc2C(=O)N1CC1CCS(=O)(=O)CC1. The molecule has 106 valence electrons. The Hall–Kier alpha value is -1.69. The van der Waals surface area contributed by atoms with Gasteiger partial charge in [-0.05, 0) is 30.9 Å². The van der Waals surface area contributed by atoms with Crippen molar-refractivity contribution in [3.05, 3.63) is 35.4 Å². The zero-order chi connectivity index (χ0) is 14.3. The number of carbonyl (C=O) groups excluding carboxylic acids is 2. The van der Waals surface area contributed by atoms with Gasteiger partial charge in [0.15, 0.2) is 0 Å². The quantitative estimate of drug-likeness (QED) is 0.766. The maximum atomic E-state index is 12.2. The number of hydrogen-bond donors (Lipinski definition) is 0. The first-order valence-corrected chi connectivity index (χ1v) is 8.46. The molecule has 0 unspecified atom stereocenters. The fourth-order valence-electron chi connectivity index (χ4n) is 2.78. The van der Waals surface area contributed by atoms with Crippen LogP contribution in [0.15, 0.2) is 24.3 Å². The normalized spacial score (nSPS) is 22.1. The molecule has 0 spiro atoms. The summed E-state index contributed by atoms with van der Waals surface area (Å²) in [5.74, 6) is -0.138. The monoisotopic (exact) mass is 293 g/mol. The molecule has 5 nitrogen and oxygen atoms in total. The number of fused-ring (bicyclic) bond motifs is 1. The van der Waals surface area contributed by atoms with E-state index in [0.717, 1.165) is 0 Å². The number of benzene rings is 1. The van der Waals surface area contributed by atoms with Crippen molar-refractivity contribution in [2.24, 2.45) is 5.92 Å². The summed E-state index contributed by atoms with van der Waals surface area (Å²) in [4.78, 5) is 25.6. The molecule has 1 saturated heterocycles. The second kappa shape index (κ2) is 4.70. The highest BCUT2D eigenvalue weighted by Crippen LogP contribution is 2.26. The lowest BCUT2D eigenvalue weighted by Gasteiger charge is -2.25. The van der Waals surface area contributed by atoms with Crippen LogP contribution in [0.4, 0.5) is 0 Å². The van der Waals surface area contributed by atoms with Crippen LogP contribution < -0.4 is 0 Å². The standard InChI is InChI=1S/C14H15NO4S/c16-13-11-3-1-2-4-12(11)14(17)15(13)9-10-5-7-20(18,19)8-6-10/h1-4,10H,5-9H2. The fourth-order valence-corrected chi connectivity index (χ4v) is 4.37. The first-order valence-electron chi connectivity index (χ1n) is 6.63. The first kappa shape index (κ1) is 13.3. The third-order valence-electron chi connectivity index (χ3n) is 3.99. The Balaban J connectivity index is 1.74. The second-order valence-corrected chi connectivity index (χ2v) is 7.67. The summed E-state index contributed by atoms with van der Waals surface area (Å²) < 4.78 is 22.8. The number of rotatable bonds is 2. The summed E-state index contributed by atoms with van der Waals surface area (Å²) in [5, 5.41) is 0. The second-order valence-electron chi connectivity index (χ2n) is 5.36. The first-order chi connectivity index (χ1) is 9.48. The molecular formula is C14H15NO4S. The van der Waals surface area contributed by atoms with Gasteiger partial charge in [-0.3, -0.25) is 14.5 Å². The minimum atomic E-state index is -2.92. The lowest BCUT2D eigenvalue weighted by molar-refractivity contribution is 0.0626. The molecule has 0 saturated carbocycles. The van der Waals surface area contributed by atoms with E-state index in [1.165, 1.54) is 4.90 Å². The van der Waals surface area contributed by atoms with Crippen LogP contribution in [0.25, 0.3) is 0 Å². The van der Waals surface area contributed by atoms with Crippen molar-refractivity contribution in [1.29, 1.82) is 0 Å². The maximum absolute atomic E-state index is 12.2. The van der Waals surface area contributed by atoms with Crippen LogP contribution in [-0.2, 0) is 9.84 Å². The van der Waals surface area contributed by atoms with E-state index in [-0.39, 0.29) is 29.2 Å². The third-order valence-corrected chi connectivity index (χ3v) is 5.71. The Kier molecular flexibility index (Phi) is 3.12. The van der Waals surface area contributed by atoms with Gasteiger partial charge in [-0.1, -0.05) is 12.1 Å². The van der Waals surface area contributed by atoms with E-state index in [2.05, 4.69) is 0 Å². The van der Waals surface area contributed by atoms with Crippen molar-refractivity contribution in [2.75, 3.05) is 18.1 Å². The Morgan fingerprint density at radius 3 is 2.00 bits per heavy atom. The number of amides is 2. The minimum Gasteiger partial charge on any atom is -0.274 e. The molecule has 1 fully saturated rings. The largest absolute Gasteiger partial charge is 0.274 e. The average molecular weight is 293 g/mol. The van der Waals surface area contributed by atoms with Gasteiger partial charge in [0.1, 0.15) is 9.84 Å². The Bertz CT molecular complexity index is 631. The van der Waals surface area contributed by atoms with Crippen LogP contribution in [0.5, 0.6) is 0 Å². The van der Waals surface area contributed by atoms with Gasteiger partial charge < -0.3 is 0 Å². The van der Waals surface area contributed by atoms with Crippen LogP contribution in [0.1, 0.15) is 33.6 Å². The lowest BCUT2D eigenvalue weighted by atomic mass is 10.0. The van der Waals surface area contributed by atoms with Crippen LogP contribution in [0.3, 0.4) is 0 Å². The molecule has 3 rings (SSSR count). The zero-order valence-electron chi connectivity index (χ0n) is 10.9. The molecule has 0 aromatic heterocycles. The molecule has 2 heterocycles. The van der Waals surface area contributed by atoms with Crippen molar-refractivity contribution in [3.63, 3.8) is 0 Å². The Morgan fingerprint density at radius 1 is 1.00 bits per heavy atom. The van der Waals surface area contributed by atoms with Crippen molar-refractivity contribution in [3.8, 4) is 0 Å². The third kappa shape index (κ3) is 2.24. The number of carbonyl (C=O) groups is 2. The highest BCUT2D eigenvalue weighted by Gasteiger charge is 2.37. The zero-order valence-corrected chi connectivity index (χ0v) is 11.7. The van der Waals surface area contributed by atoms with Gasteiger partial charge in [0.25, 0.3) is 11.8 Å². The van der Waals surface area contributed by atoms with Gasteiger partial charge >= 0.3 is 0 Å². The predicted molar refractivity (Wildman–Crippen MR) is 73.2 cm³/mol. The molecule has 0 bridgehead atoms. The Morgan fingerprint density at radius 2 is 1.50 bits per heavy atom. The minimum absolute atomic E-state index is 0.0840. The molecule has 20 heavy (non-hydrogen) atoms. The molecule has 1 aromatic carbocycles. The molecule has 2 aliphatic rings. The molecular weight excluding hydrogens is 278 g/mol. The van der Waals surface area contributed by atoms with Gasteiger partial charge in [-0.25, -0.2) is 8.42 Å². The van der Waals surface area contributed by atoms with E-state index in [1.807, 2.05) is 0 Å².